The Morgan fingerprint density at radius 2 is 1.76 bits per heavy atom. The molecule has 0 amide bonds. The normalized spacial score (nSPS) is 22.8. The van der Waals surface area contributed by atoms with Gasteiger partial charge in [0.1, 0.15) is 11.0 Å². The maximum absolute atomic E-state index is 14.0. The van der Waals surface area contributed by atoms with E-state index in [0.29, 0.717) is 5.78 Å². The molecule has 2 unspecified atom stereocenters. The van der Waals surface area contributed by atoms with Crippen LogP contribution in [0.1, 0.15) is 44.1 Å². The summed E-state index contributed by atoms with van der Waals surface area (Å²) in [5.41, 5.74) is 5.73. The van der Waals surface area contributed by atoms with Crippen LogP contribution in [0.5, 0.6) is 0 Å². The van der Waals surface area contributed by atoms with Crippen molar-refractivity contribution in [2.24, 2.45) is 5.92 Å². The molecule has 2 aliphatic heterocycles. The number of benzene rings is 2. The van der Waals surface area contributed by atoms with E-state index in [1.807, 2.05) is 6.07 Å². The predicted octanol–water partition coefficient (Wildman–Crippen LogP) is 4.76. The molecule has 1 aliphatic carbocycles. The number of piperazine rings is 1. The predicted molar refractivity (Wildman–Crippen MR) is 139 cm³/mol. The third kappa shape index (κ3) is 4.20. The summed E-state index contributed by atoms with van der Waals surface area (Å²) in [4.78, 5) is 18.9. The van der Waals surface area contributed by atoms with Gasteiger partial charge in [0.15, 0.2) is 5.78 Å². The first kappa shape index (κ1) is 22.0. The zero-order valence-corrected chi connectivity index (χ0v) is 20.5. The van der Waals surface area contributed by atoms with E-state index >= 15 is 0 Å². The summed E-state index contributed by atoms with van der Waals surface area (Å²) in [6.45, 7) is 3.62. The van der Waals surface area contributed by atoms with Crippen LogP contribution in [0.3, 0.4) is 0 Å². The van der Waals surface area contributed by atoms with E-state index in [2.05, 4.69) is 60.3 Å². The fraction of sp³-hybridized carbons (Fsp3) is 0.519. The van der Waals surface area contributed by atoms with Crippen molar-refractivity contribution in [2.75, 3.05) is 36.4 Å². The van der Waals surface area contributed by atoms with Gasteiger partial charge < -0.3 is 10.2 Å². The number of carbonyl (C=O) groups excluding carboxylic acids is 1. The Bertz CT molecular complexity index is 1150. The third-order valence-corrected chi connectivity index (χ3v) is 8.62. The average molecular weight is 476 g/mol. The molecule has 0 spiro atoms. The fourth-order valence-electron chi connectivity index (χ4n) is 6.25. The first-order chi connectivity index (χ1) is 16.8. The second kappa shape index (κ2) is 9.62. The molecule has 1 N–H and O–H groups in total. The second-order valence-corrected chi connectivity index (χ2v) is 10.6. The summed E-state index contributed by atoms with van der Waals surface area (Å²) in [5, 5.41) is 3.78. The Labute approximate surface area is 205 Å². The van der Waals surface area contributed by atoms with Crippen LogP contribution in [-0.4, -0.2) is 57.7 Å². The molecule has 34 heavy (non-hydrogen) atoms. The second-order valence-electron chi connectivity index (χ2n) is 10.1. The molecule has 3 aliphatic rings. The summed E-state index contributed by atoms with van der Waals surface area (Å²) in [7, 11) is 0. The first-order valence-electron chi connectivity index (χ1n) is 12.9. The number of ketones is 1. The van der Waals surface area contributed by atoms with Gasteiger partial charge in [-0.25, -0.2) is 0 Å². The number of hydrogen-bond donors (Lipinski definition) is 1. The lowest BCUT2D eigenvalue weighted by Crippen LogP contribution is -2.60. The Balaban J connectivity index is 1.22. The topological polar surface area (TPSA) is 61.4 Å². The number of fused-ring (bicyclic) bond motifs is 2. The van der Waals surface area contributed by atoms with E-state index in [0.717, 1.165) is 62.9 Å². The zero-order chi connectivity index (χ0) is 22.9. The van der Waals surface area contributed by atoms with Crippen molar-refractivity contribution in [1.29, 1.82) is 0 Å². The molecule has 3 aromatic rings. The number of rotatable bonds is 5. The Morgan fingerprint density at radius 1 is 0.941 bits per heavy atom. The van der Waals surface area contributed by atoms with Crippen LogP contribution in [0.4, 0.5) is 11.4 Å². The maximum Gasteiger partial charge on any atom is 0.155 e. The summed E-state index contributed by atoms with van der Waals surface area (Å²) in [5.74, 6) is 0.710. The highest BCUT2D eigenvalue weighted by Crippen LogP contribution is 2.33. The maximum atomic E-state index is 14.0. The quantitative estimate of drug-likeness (QED) is 0.574. The average Bonchev–Trinajstić information content (AvgIpc) is 3.39. The molecule has 2 fully saturated rings. The van der Waals surface area contributed by atoms with Gasteiger partial charge in [0.2, 0.25) is 0 Å². The minimum absolute atomic E-state index is 0.0460. The minimum Gasteiger partial charge on any atom is -0.380 e. The van der Waals surface area contributed by atoms with Gasteiger partial charge in [-0.3, -0.25) is 9.69 Å². The van der Waals surface area contributed by atoms with Crippen molar-refractivity contribution in [3.05, 3.63) is 48.0 Å². The van der Waals surface area contributed by atoms with Gasteiger partial charge >= 0.3 is 0 Å². The molecule has 1 aromatic heterocycles. The number of anilines is 2. The smallest absolute Gasteiger partial charge is 0.155 e. The SMILES string of the molecule is O=C(C1CCCCC1)C(C1CCc2ccccc2N1)N1CCN(c2cccc3nsnc23)CC1. The van der Waals surface area contributed by atoms with Crippen molar-refractivity contribution in [3.8, 4) is 0 Å². The largest absolute Gasteiger partial charge is 0.380 e. The molecule has 1 saturated carbocycles. The molecule has 178 valence electrons. The standard InChI is InChI=1S/C27H33N5OS/c33-27(20-8-2-1-3-9-20)26(23-14-13-19-7-4-5-10-21(19)28-23)32-17-15-31(16-18-32)24-12-6-11-22-25(24)30-34-29-22/h4-7,10-12,20,23,26,28H,1-3,8-9,13-18H2. The van der Waals surface area contributed by atoms with Crippen LogP contribution < -0.4 is 10.2 Å². The van der Waals surface area contributed by atoms with Crippen molar-refractivity contribution in [1.82, 2.24) is 13.6 Å². The van der Waals surface area contributed by atoms with Gasteiger partial charge in [-0.15, -0.1) is 0 Å². The molecule has 7 heteroatoms. The molecule has 2 atom stereocenters. The summed E-state index contributed by atoms with van der Waals surface area (Å²) >= 11 is 1.28. The summed E-state index contributed by atoms with van der Waals surface area (Å²) < 4.78 is 8.96. The van der Waals surface area contributed by atoms with Gasteiger partial charge in [-0.05, 0) is 49.4 Å². The molecule has 1 saturated heterocycles. The first-order valence-corrected chi connectivity index (χ1v) is 13.6. The van der Waals surface area contributed by atoms with E-state index in [-0.39, 0.29) is 18.0 Å². The lowest BCUT2D eigenvalue weighted by atomic mass is 9.80. The molecular formula is C27H33N5OS. The van der Waals surface area contributed by atoms with Crippen LogP contribution in [0.2, 0.25) is 0 Å². The van der Waals surface area contributed by atoms with Crippen molar-refractivity contribution >= 4 is 39.9 Å². The molecule has 3 heterocycles. The summed E-state index contributed by atoms with van der Waals surface area (Å²) in [6.07, 6.45) is 7.87. The molecule has 6 nitrogen and oxygen atoms in total. The van der Waals surface area contributed by atoms with Crippen LogP contribution >= 0.6 is 11.7 Å². The Kier molecular flexibility index (Phi) is 6.22. The highest BCUT2D eigenvalue weighted by atomic mass is 32.1. The number of Topliss-reactive ketones (excluding diaryl/α,β-unsaturated/α-hetero) is 1. The molecule has 0 bridgehead atoms. The molecule has 2 aromatic carbocycles. The number of aryl methyl sites for hydroxylation is 1. The van der Waals surface area contributed by atoms with Crippen LogP contribution in [0.15, 0.2) is 42.5 Å². The van der Waals surface area contributed by atoms with Crippen LogP contribution in [0.25, 0.3) is 11.0 Å². The minimum atomic E-state index is -0.0460. The van der Waals surface area contributed by atoms with Crippen molar-refractivity contribution in [2.45, 2.75) is 57.0 Å². The fourth-order valence-corrected chi connectivity index (χ4v) is 6.79. The number of aromatic nitrogens is 2. The van der Waals surface area contributed by atoms with Crippen LogP contribution in [0, 0.1) is 5.92 Å². The third-order valence-electron chi connectivity index (χ3n) is 8.08. The van der Waals surface area contributed by atoms with Crippen molar-refractivity contribution in [3.63, 3.8) is 0 Å². The van der Waals surface area contributed by atoms with Crippen molar-refractivity contribution < 1.29 is 4.79 Å². The number of para-hydroxylation sites is 1. The van der Waals surface area contributed by atoms with Gasteiger partial charge in [0.25, 0.3) is 0 Å². The lowest BCUT2D eigenvalue weighted by molar-refractivity contribution is -0.130. The van der Waals surface area contributed by atoms with Gasteiger partial charge in [-0.1, -0.05) is 43.5 Å². The lowest BCUT2D eigenvalue weighted by Gasteiger charge is -2.45. The van der Waals surface area contributed by atoms with Gasteiger partial charge in [-0.2, -0.15) is 8.75 Å². The number of nitrogens with one attached hydrogen (secondary N) is 1. The molecular weight excluding hydrogens is 442 g/mol. The van der Waals surface area contributed by atoms with Crippen LogP contribution in [-0.2, 0) is 11.2 Å². The Hall–Kier alpha value is -2.51. The van der Waals surface area contributed by atoms with E-state index in [1.165, 1.54) is 47.9 Å². The van der Waals surface area contributed by atoms with Gasteiger partial charge in [0.05, 0.1) is 23.5 Å². The Morgan fingerprint density at radius 3 is 2.62 bits per heavy atom. The molecule has 0 radical (unpaired) electrons. The van der Waals surface area contributed by atoms with E-state index in [1.54, 1.807) is 0 Å². The number of carbonyl (C=O) groups is 1. The zero-order valence-electron chi connectivity index (χ0n) is 19.7. The van der Waals surface area contributed by atoms with E-state index in [4.69, 9.17) is 0 Å². The van der Waals surface area contributed by atoms with E-state index in [9.17, 15) is 4.79 Å². The van der Waals surface area contributed by atoms with E-state index < -0.39 is 0 Å². The number of hydrogen-bond acceptors (Lipinski definition) is 7. The highest BCUT2D eigenvalue weighted by Gasteiger charge is 2.40. The number of nitrogens with zero attached hydrogens (tertiary/aromatic N) is 4. The summed E-state index contributed by atoms with van der Waals surface area (Å²) in [6, 6.07) is 15.0. The molecule has 6 rings (SSSR count). The highest BCUT2D eigenvalue weighted by molar-refractivity contribution is 7.00. The monoisotopic (exact) mass is 475 g/mol. The van der Waals surface area contributed by atoms with Gasteiger partial charge in [0, 0.05) is 43.8 Å².